The van der Waals surface area contributed by atoms with Crippen LogP contribution in [0.2, 0.25) is 0 Å². The maximum absolute atomic E-state index is 11.3. The van der Waals surface area contributed by atoms with Crippen molar-refractivity contribution in [3.63, 3.8) is 0 Å². The summed E-state index contributed by atoms with van der Waals surface area (Å²) in [5, 5.41) is 11.2. The van der Waals surface area contributed by atoms with E-state index in [9.17, 15) is 4.79 Å². The van der Waals surface area contributed by atoms with Gasteiger partial charge in [-0.3, -0.25) is 9.69 Å². The molecule has 94 valence electrons. The van der Waals surface area contributed by atoms with Crippen molar-refractivity contribution in [2.45, 2.75) is 25.8 Å². The molecule has 0 spiro atoms. The third-order valence-electron chi connectivity index (χ3n) is 3.06. The van der Waals surface area contributed by atoms with Crippen molar-refractivity contribution in [3.8, 4) is 6.07 Å². The van der Waals surface area contributed by atoms with Gasteiger partial charge >= 0.3 is 0 Å². The Labute approximate surface area is 107 Å². The SMILES string of the molecule is N#CCC(=O)Nc1cccc(CN2CCCC2)c1. The lowest BCUT2D eigenvalue weighted by molar-refractivity contribution is -0.115. The van der Waals surface area contributed by atoms with Crippen molar-refractivity contribution >= 4 is 11.6 Å². The van der Waals surface area contributed by atoms with E-state index in [4.69, 9.17) is 5.26 Å². The zero-order valence-corrected chi connectivity index (χ0v) is 10.4. The normalized spacial score (nSPS) is 15.3. The van der Waals surface area contributed by atoms with Crippen LogP contribution in [0.3, 0.4) is 0 Å². The number of anilines is 1. The summed E-state index contributed by atoms with van der Waals surface area (Å²) in [6, 6.07) is 9.68. The summed E-state index contributed by atoms with van der Waals surface area (Å²) >= 11 is 0. The number of carbonyl (C=O) groups excluding carboxylic acids is 1. The highest BCUT2D eigenvalue weighted by atomic mass is 16.1. The molecule has 1 aliphatic heterocycles. The first-order chi connectivity index (χ1) is 8.78. The Morgan fingerprint density at radius 2 is 2.17 bits per heavy atom. The number of carbonyl (C=O) groups is 1. The molecule has 4 heteroatoms. The van der Waals surface area contributed by atoms with E-state index in [0.29, 0.717) is 0 Å². The van der Waals surface area contributed by atoms with E-state index in [1.807, 2.05) is 24.3 Å². The zero-order chi connectivity index (χ0) is 12.8. The molecular weight excluding hydrogens is 226 g/mol. The number of nitrogens with zero attached hydrogens (tertiary/aromatic N) is 2. The molecule has 1 N–H and O–H groups in total. The summed E-state index contributed by atoms with van der Waals surface area (Å²) in [6.45, 7) is 3.25. The Morgan fingerprint density at radius 3 is 2.89 bits per heavy atom. The fraction of sp³-hybridized carbons (Fsp3) is 0.429. The summed E-state index contributed by atoms with van der Waals surface area (Å²) in [7, 11) is 0. The minimum Gasteiger partial charge on any atom is -0.325 e. The van der Waals surface area contributed by atoms with Gasteiger partial charge in [-0.25, -0.2) is 0 Å². The van der Waals surface area contributed by atoms with Gasteiger partial charge in [0, 0.05) is 12.2 Å². The molecule has 0 unspecified atom stereocenters. The Balaban J connectivity index is 1.96. The fourth-order valence-electron chi connectivity index (χ4n) is 2.22. The molecule has 4 nitrogen and oxygen atoms in total. The first-order valence-corrected chi connectivity index (χ1v) is 6.26. The van der Waals surface area contributed by atoms with Crippen molar-refractivity contribution < 1.29 is 4.79 Å². The topological polar surface area (TPSA) is 56.1 Å². The van der Waals surface area contributed by atoms with Crippen LogP contribution in [0.5, 0.6) is 0 Å². The maximum atomic E-state index is 11.3. The summed E-state index contributed by atoms with van der Waals surface area (Å²) in [5.74, 6) is -0.254. The fourth-order valence-corrected chi connectivity index (χ4v) is 2.22. The highest BCUT2D eigenvalue weighted by Crippen LogP contribution is 2.16. The van der Waals surface area contributed by atoms with Crippen LogP contribution in [-0.2, 0) is 11.3 Å². The maximum Gasteiger partial charge on any atom is 0.238 e. The van der Waals surface area contributed by atoms with Crippen LogP contribution in [0.1, 0.15) is 24.8 Å². The van der Waals surface area contributed by atoms with Crippen LogP contribution in [0.4, 0.5) is 5.69 Å². The van der Waals surface area contributed by atoms with Crippen LogP contribution in [0, 0.1) is 11.3 Å². The van der Waals surface area contributed by atoms with E-state index in [1.54, 1.807) is 0 Å². The first-order valence-electron chi connectivity index (χ1n) is 6.26. The summed E-state index contributed by atoms with van der Waals surface area (Å²) in [5.41, 5.74) is 1.97. The second-order valence-corrected chi connectivity index (χ2v) is 4.57. The van der Waals surface area contributed by atoms with Crippen LogP contribution in [-0.4, -0.2) is 23.9 Å². The van der Waals surface area contributed by atoms with Crippen molar-refractivity contribution in [2.24, 2.45) is 0 Å². The molecular formula is C14H17N3O. The van der Waals surface area contributed by atoms with Crippen molar-refractivity contribution in [1.82, 2.24) is 4.90 Å². The number of rotatable bonds is 4. The van der Waals surface area contributed by atoms with Gasteiger partial charge in [-0.15, -0.1) is 0 Å². The largest absolute Gasteiger partial charge is 0.325 e. The molecule has 0 saturated carbocycles. The van der Waals surface area contributed by atoms with Crippen molar-refractivity contribution in [1.29, 1.82) is 5.26 Å². The molecule has 2 rings (SSSR count). The second-order valence-electron chi connectivity index (χ2n) is 4.57. The molecule has 18 heavy (non-hydrogen) atoms. The molecule has 1 fully saturated rings. The number of nitriles is 1. The van der Waals surface area contributed by atoms with Crippen LogP contribution < -0.4 is 5.32 Å². The third-order valence-corrected chi connectivity index (χ3v) is 3.06. The molecule has 1 saturated heterocycles. The smallest absolute Gasteiger partial charge is 0.238 e. The average molecular weight is 243 g/mol. The van der Waals surface area contributed by atoms with Gasteiger partial charge in [-0.2, -0.15) is 5.26 Å². The summed E-state index contributed by atoms with van der Waals surface area (Å²) in [4.78, 5) is 13.7. The van der Waals surface area contributed by atoms with E-state index >= 15 is 0 Å². The molecule has 0 atom stereocenters. The minimum atomic E-state index is -0.254. The quantitative estimate of drug-likeness (QED) is 0.881. The van der Waals surface area contributed by atoms with Gasteiger partial charge < -0.3 is 5.32 Å². The average Bonchev–Trinajstić information content (AvgIpc) is 2.82. The van der Waals surface area contributed by atoms with Crippen LogP contribution in [0.15, 0.2) is 24.3 Å². The molecule has 0 radical (unpaired) electrons. The number of hydrogen-bond donors (Lipinski definition) is 1. The number of amides is 1. The predicted molar refractivity (Wildman–Crippen MR) is 69.8 cm³/mol. The number of hydrogen-bond acceptors (Lipinski definition) is 3. The lowest BCUT2D eigenvalue weighted by atomic mass is 10.2. The lowest BCUT2D eigenvalue weighted by Crippen LogP contribution is -2.18. The number of likely N-dealkylation sites (tertiary alicyclic amines) is 1. The van der Waals surface area contributed by atoms with Gasteiger partial charge in [0.25, 0.3) is 0 Å². The number of benzene rings is 1. The van der Waals surface area contributed by atoms with Gasteiger partial charge in [0.2, 0.25) is 5.91 Å². The van der Waals surface area contributed by atoms with Crippen molar-refractivity contribution in [3.05, 3.63) is 29.8 Å². The molecule has 0 aromatic heterocycles. The Morgan fingerprint density at radius 1 is 1.39 bits per heavy atom. The summed E-state index contributed by atoms with van der Waals surface area (Å²) in [6.07, 6.45) is 2.45. The first kappa shape index (κ1) is 12.6. The molecule has 1 aromatic carbocycles. The van der Waals surface area contributed by atoms with Gasteiger partial charge in [-0.1, -0.05) is 12.1 Å². The molecule has 0 aliphatic carbocycles. The highest BCUT2D eigenvalue weighted by molar-refractivity contribution is 5.92. The van der Waals surface area contributed by atoms with Gasteiger partial charge in [0.05, 0.1) is 6.07 Å². The zero-order valence-electron chi connectivity index (χ0n) is 10.4. The Hall–Kier alpha value is -1.86. The monoisotopic (exact) mass is 243 g/mol. The van der Waals surface area contributed by atoms with E-state index in [0.717, 1.165) is 25.3 Å². The predicted octanol–water partition coefficient (Wildman–Crippen LogP) is 2.13. The lowest BCUT2D eigenvalue weighted by Gasteiger charge is -2.15. The molecule has 1 amide bonds. The van der Waals surface area contributed by atoms with Gasteiger partial charge in [-0.05, 0) is 43.6 Å². The molecule has 1 aromatic rings. The van der Waals surface area contributed by atoms with E-state index in [2.05, 4.69) is 16.3 Å². The van der Waals surface area contributed by atoms with Gasteiger partial charge in [0.1, 0.15) is 6.42 Å². The van der Waals surface area contributed by atoms with Crippen LogP contribution >= 0.6 is 0 Å². The van der Waals surface area contributed by atoms with Gasteiger partial charge in [0.15, 0.2) is 0 Å². The van der Waals surface area contributed by atoms with E-state index in [-0.39, 0.29) is 12.3 Å². The van der Waals surface area contributed by atoms with E-state index in [1.165, 1.54) is 18.4 Å². The van der Waals surface area contributed by atoms with Crippen molar-refractivity contribution in [2.75, 3.05) is 18.4 Å². The van der Waals surface area contributed by atoms with E-state index < -0.39 is 0 Å². The minimum absolute atomic E-state index is 0.101. The third kappa shape index (κ3) is 3.57. The Kier molecular flexibility index (Phi) is 4.32. The second kappa shape index (κ2) is 6.18. The molecule has 1 aliphatic rings. The Bertz CT molecular complexity index is 458. The standard InChI is InChI=1S/C14H17N3O/c15-7-6-14(18)16-13-5-3-4-12(10-13)11-17-8-1-2-9-17/h3-5,10H,1-2,6,8-9,11H2,(H,16,18). The molecule has 1 heterocycles. The number of nitrogens with one attached hydrogen (secondary N) is 1. The highest BCUT2D eigenvalue weighted by Gasteiger charge is 2.11. The summed E-state index contributed by atoms with van der Waals surface area (Å²) < 4.78 is 0. The van der Waals surface area contributed by atoms with Crippen LogP contribution in [0.25, 0.3) is 0 Å². The molecule has 0 bridgehead atoms.